The van der Waals surface area contributed by atoms with Crippen molar-refractivity contribution in [2.45, 2.75) is 25.9 Å². The molecule has 0 aliphatic carbocycles. The zero-order valence-electron chi connectivity index (χ0n) is 18.6. The molecule has 174 valence electrons. The number of amides is 1. The van der Waals surface area contributed by atoms with E-state index in [-0.39, 0.29) is 29.9 Å². The first-order valence-electron chi connectivity index (χ1n) is 10.8. The summed E-state index contributed by atoms with van der Waals surface area (Å²) in [5, 5.41) is 13.8. The van der Waals surface area contributed by atoms with Gasteiger partial charge in [0.05, 0.1) is 13.1 Å². The number of nitrogens with one attached hydrogen (secondary N) is 3. The Balaban J connectivity index is 0.00000306. The van der Waals surface area contributed by atoms with E-state index in [1.165, 1.54) is 11.1 Å². The van der Waals surface area contributed by atoms with Gasteiger partial charge in [-0.15, -0.1) is 24.0 Å². The van der Waals surface area contributed by atoms with E-state index in [1.54, 1.807) is 13.2 Å². The molecule has 1 aliphatic heterocycles. The van der Waals surface area contributed by atoms with E-state index < -0.39 is 0 Å². The van der Waals surface area contributed by atoms with Gasteiger partial charge >= 0.3 is 0 Å². The number of ether oxygens (including phenoxy) is 1. The molecule has 1 amide bonds. The summed E-state index contributed by atoms with van der Waals surface area (Å²) >= 11 is 0. The SMILES string of the molecule is CN=C(NCCOc1ccc2c(c1)CCC(=O)N2)NCc1ccccc1Cn1cccn1.I. The largest absolute Gasteiger partial charge is 0.492 e. The second-order valence-electron chi connectivity index (χ2n) is 7.54. The topological polar surface area (TPSA) is 92.6 Å². The highest BCUT2D eigenvalue weighted by Gasteiger charge is 2.15. The van der Waals surface area contributed by atoms with Crippen LogP contribution in [-0.2, 0) is 24.3 Å². The number of carbonyl (C=O) groups excluding carboxylic acids is 1. The maximum absolute atomic E-state index is 11.5. The van der Waals surface area contributed by atoms with Crippen LogP contribution in [0.4, 0.5) is 5.69 Å². The van der Waals surface area contributed by atoms with E-state index in [1.807, 2.05) is 47.3 Å². The Labute approximate surface area is 210 Å². The fraction of sp³-hybridized carbons (Fsp3) is 0.292. The van der Waals surface area contributed by atoms with Gasteiger partial charge in [0.15, 0.2) is 5.96 Å². The molecule has 0 fully saturated rings. The van der Waals surface area contributed by atoms with Crippen LogP contribution in [0, 0.1) is 0 Å². The Morgan fingerprint density at radius 2 is 2.00 bits per heavy atom. The number of carbonyl (C=O) groups is 1. The van der Waals surface area contributed by atoms with Gasteiger partial charge in [-0.2, -0.15) is 5.10 Å². The van der Waals surface area contributed by atoms with Gasteiger partial charge in [-0.1, -0.05) is 24.3 Å². The third-order valence-electron chi connectivity index (χ3n) is 5.32. The van der Waals surface area contributed by atoms with Crippen molar-refractivity contribution in [1.82, 2.24) is 20.4 Å². The molecule has 1 aromatic heterocycles. The molecule has 3 N–H and O–H groups in total. The Morgan fingerprint density at radius 1 is 1.15 bits per heavy atom. The van der Waals surface area contributed by atoms with E-state index in [4.69, 9.17) is 4.74 Å². The maximum atomic E-state index is 11.5. The van der Waals surface area contributed by atoms with Crippen molar-refractivity contribution in [3.8, 4) is 5.75 Å². The molecule has 0 spiro atoms. The summed E-state index contributed by atoms with van der Waals surface area (Å²) in [6.07, 6.45) is 5.01. The van der Waals surface area contributed by atoms with Crippen molar-refractivity contribution in [2.75, 3.05) is 25.5 Å². The number of guanidine groups is 1. The van der Waals surface area contributed by atoms with Gasteiger partial charge in [0, 0.05) is 38.1 Å². The van der Waals surface area contributed by atoms with Crippen molar-refractivity contribution in [3.05, 3.63) is 77.6 Å². The Kier molecular flexibility index (Phi) is 9.11. The molecular formula is C24H29IN6O2. The van der Waals surface area contributed by atoms with Crippen LogP contribution < -0.4 is 20.7 Å². The van der Waals surface area contributed by atoms with Crippen LogP contribution in [0.5, 0.6) is 5.75 Å². The van der Waals surface area contributed by atoms with Gasteiger partial charge < -0.3 is 20.7 Å². The summed E-state index contributed by atoms with van der Waals surface area (Å²) in [4.78, 5) is 15.8. The molecule has 0 saturated heterocycles. The van der Waals surface area contributed by atoms with E-state index in [2.05, 4.69) is 38.2 Å². The highest BCUT2D eigenvalue weighted by Crippen LogP contribution is 2.26. The standard InChI is InChI=1S/C24H28N6O2.HI/c1-25-24(27-16-19-5-2-3-6-20(19)17-30-13-4-11-28-30)26-12-14-32-21-8-9-22-18(15-21)7-10-23(31)29-22;/h2-6,8-9,11,13,15H,7,10,12,14,16-17H2,1H3,(H,29,31)(H2,25,26,27);1H. The van der Waals surface area contributed by atoms with E-state index in [0.717, 1.165) is 35.9 Å². The third kappa shape index (κ3) is 6.95. The highest BCUT2D eigenvalue weighted by molar-refractivity contribution is 14.0. The lowest BCUT2D eigenvalue weighted by atomic mass is 10.0. The van der Waals surface area contributed by atoms with E-state index in [9.17, 15) is 4.79 Å². The molecule has 9 heteroatoms. The molecule has 1 aliphatic rings. The number of aromatic nitrogens is 2. The van der Waals surface area contributed by atoms with Gasteiger partial charge in [-0.05, 0) is 47.4 Å². The molecule has 0 bridgehead atoms. The number of hydrogen-bond acceptors (Lipinski definition) is 4. The molecule has 8 nitrogen and oxygen atoms in total. The number of hydrogen-bond donors (Lipinski definition) is 3. The van der Waals surface area contributed by atoms with E-state index in [0.29, 0.717) is 26.1 Å². The minimum Gasteiger partial charge on any atom is -0.492 e. The number of rotatable bonds is 8. The van der Waals surface area contributed by atoms with Crippen LogP contribution in [0.15, 0.2) is 65.9 Å². The summed E-state index contributed by atoms with van der Waals surface area (Å²) < 4.78 is 7.78. The van der Waals surface area contributed by atoms with Crippen LogP contribution in [0.1, 0.15) is 23.1 Å². The summed E-state index contributed by atoms with van der Waals surface area (Å²) in [7, 11) is 1.75. The number of halogens is 1. The lowest BCUT2D eigenvalue weighted by Crippen LogP contribution is -2.39. The Morgan fingerprint density at radius 3 is 2.79 bits per heavy atom. The average Bonchev–Trinajstić information content (AvgIpc) is 3.32. The summed E-state index contributed by atoms with van der Waals surface area (Å²) in [6.45, 7) is 2.51. The second-order valence-corrected chi connectivity index (χ2v) is 7.54. The molecule has 0 unspecified atom stereocenters. The Bertz CT molecular complexity index is 1080. The van der Waals surface area contributed by atoms with Crippen molar-refractivity contribution in [3.63, 3.8) is 0 Å². The number of aliphatic imine (C=N–C) groups is 1. The van der Waals surface area contributed by atoms with Crippen molar-refractivity contribution < 1.29 is 9.53 Å². The summed E-state index contributed by atoms with van der Waals surface area (Å²) in [5.74, 6) is 1.59. The van der Waals surface area contributed by atoms with Gasteiger partial charge in [-0.25, -0.2) is 0 Å². The first-order valence-corrected chi connectivity index (χ1v) is 10.8. The van der Waals surface area contributed by atoms with Crippen LogP contribution in [0.25, 0.3) is 0 Å². The maximum Gasteiger partial charge on any atom is 0.224 e. The zero-order valence-corrected chi connectivity index (χ0v) is 20.9. The van der Waals surface area contributed by atoms with Crippen LogP contribution >= 0.6 is 24.0 Å². The number of anilines is 1. The first-order chi connectivity index (χ1) is 15.7. The normalized spacial score (nSPS) is 12.9. The van der Waals surface area contributed by atoms with Gasteiger partial charge in [0.2, 0.25) is 5.91 Å². The predicted octanol–water partition coefficient (Wildman–Crippen LogP) is 3.18. The summed E-state index contributed by atoms with van der Waals surface area (Å²) in [6, 6.07) is 16.0. The molecule has 2 heterocycles. The molecule has 0 saturated carbocycles. The van der Waals surface area contributed by atoms with Gasteiger partial charge in [0.1, 0.15) is 12.4 Å². The van der Waals surface area contributed by atoms with E-state index >= 15 is 0 Å². The van der Waals surface area contributed by atoms with Crippen molar-refractivity contribution in [1.29, 1.82) is 0 Å². The zero-order chi connectivity index (χ0) is 22.2. The number of fused-ring (bicyclic) bond motifs is 1. The fourth-order valence-electron chi connectivity index (χ4n) is 3.64. The third-order valence-corrected chi connectivity index (χ3v) is 5.32. The van der Waals surface area contributed by atoms with Crippen LogP contribution in [0.2, 0.25) is 0 Å². The van der Waals surface area contributed by atoms with Crippen LogP contribution in [0.3, 0.4) is 0 Å². The molecule has 0 atom stereocenters. The number of benzene rings is 2. The lowest BCUT2D eigenvalue weighted by molar-refractivity contribution is -0.116. The predicted molar refractivity (Wildman–Crippen MR) is 140 cm³/mol. The quantitative estimate of drug-likeness (QED) is 0.171. The summed E-state index contributed by atoms with van der Waals surface area (Å²) in [5.41, 5.74) is 4.40. The Hall–Kier alpha value is -3.08. The monoisotopic (exact) mass is 560 g/mol. The van der Waals surface area contributed by atoms with Crippen molar-refractivity contribution in [2.24, 2.45) is 4.99 Å². The molecule has 3 aromatic rings. The minimum atomic E-state index is 0. The highest BCUT2D eigenvalue weighted by atomic mass is 127. The molecule has 33 heavy (non-hydrogen) atoms. The van der Waals surface area contributed by atoms with Crippen molar-refractivity contribution >= 4 is 41.5 Å². The molecule has 0 radical (unpaired) electrons. The first kappa shape index (κ1) is 24.6. The second kappa shape index (κ2) is 12.2. The number of aryl methyl sites for hydroxylation is 1. The van der Waals surface area contributed by atoms with Crippen LogP contribution in [-0.4, -0.2) is 41.8 Å². The lowest BCUT2D eigenvalue weighted by Gasteiger charge is -2.18. The molecular weight excluding hydrogens is 531 g/mol. The van der Waals surface area contributed by atoms with Gasteiger partial charge in [0.25, 0.3) is 0 Å². The van der Waals surface area contributed by atoms with Gasteiger partial charge in [-0.3, -0.25) is 14.5 Å². The molecule has 4 rings (SSSR count). The molecule has 2 aromatic carbocycles. The average molecular weight is 560 g/mol. The smallest absolute Gasteiger partial charge is 0.224 e. The number of nitrogens with zero attached hydrogens (tertiary/aromatic N) is 3. The fourth-order valence-corrected chi connectivity index (χ4v) is 3.64. The minimum absolute atomic E-state index is 0.